The molecular weight excluding hydrogens is 298 g/mol. The van der Waals surface area contributed by atoms with Gasteiger partial charge in [0.2, 0.25) is 0 Å². The Morgan fingerprint density at radius 2 is 2.18 bits per heavy atom. The fraction of sp³-hybridized carbons (Fsp3) is 0.200. The molecule has 0 radical (unpaired) electrons. The minimum atomic E-state index is 0.0746. The average Bonchev–Trinajstić information content (AvgIpc) is 3.23. The molecule has 0 saturated heterocycles. The Kier molecular flexibility index (Phi) is 3.28. The smallest absolute Gasteiger partial charge is 0.135 e. The first-order chi connectivity index (χ1) is 10.9. The number of hydrogen-bond acceptors (Lipinski definition) is 7. The fourth-order valence-electron chi connectivity index (χ4n) is 2.55. The third-order valence-corrected chi connectivity index (χ3v) is 4.53. The summed E-state index contributed by atoms with van der Waals surface area (Å²) in [5, 5.41) is 28.1. The molecule has 0 atom stereocenters. The maximum atomic E-state index is 9.03. The van der Waals surface area contributed by atoms with Gasteiger partial charge in [-0.2, -0.15) is 5.11 Å². The van der Waals surface area contributed by atoms with E-state index in [1.807, 2.05) is 12.1 Å². The van der Waals surface area contributed by atoms with Crippen molar-refractivity contribution in [2.45, 2.75) is 0 Å². The van der Waals surface area contributed by atoms with Gasteiger partial charge in [-0.25, -0.2) is 4.98 Å². The third kappa shape index (κ3) is 2.15. The molecule has 2 N–H and O–H groups in total. The first-order valence-electron chi connectivity index (χ1n) is 6.96. The standard InChI is InChI=1S/C15H13N5OS/c21-5-4-16-15-11-3-6-22-14(11)10-2-1-9(7-12(10)18-15)13-8-17-20-19-13/h1-3,6-7,21H,4-5,8H2,(H,16,18). The molecule has 4 rings (SSSR count). The monoisotopic (exact) mass is 311 g/mol. The summed E-state index contributed by atoms with van der Waals surface area (Å²) < 4.78 is 1.19. The topological polar surface area (TPSA) is 82.2 Å². The molecule has 0 saturated carbocycles. The lowest BCUT2D eigenvalue weighted by atomic mass is 10.1. The second kappa shape index (κ2) is 5.43. The number of aromatic nitrogens is 1. The summed E-state index contributed by atoms with van der Waals surface area (Å²) in [7, 11) is 0. The molecule has 1 aromatic carbocycles. The van der Waals surface area contributed by atoms with Gasteiger partial charge in [-0.15, -0.1) is 16.4 Å². The van der Waals surface area contributed by atoms with Gasteiger partial charge in [-0.1, -0.05) is 12.1 Å². The zero-order chi connectivity index (χ0) is 14.9. The van der Waals surface area contributed by atoms with Gasteiger partial charge in [0.15, 0.2) is 0 Å². The highest BCUT2D eigenvalue weighted by Crippen LogP contribution is 2.33. The molecule has 0 fully saturated rings. The van der Waals surface area contributed by atoms with E-state index in [2.05, 4.69) is 38.3 Å². The van der Waals surface area contributed by atoms with E-state index < -0.39 is 0 Å². The SMILES string of the molecule is OCCNc1nc2cc(C3=NN=NC3)ccc2c2sccc12. The van der Waals surface area contributed by atoms with E-state index in [4.69, 9.17) is 10.1 Å². The van der Waals surface area contributed by atoms with Crippen molar-refractivity contribution < 1.29 is 5.11 Å². The van der Waals surface area contributed by atoms with Crippen LogP contribution in [-0.4, -0.2) is 35.5 Å². The Morgan fingerprint density at radius 3 is 3.00 bits per heavy atom. The number of nitrogens with zero attached hydrogens (tertiary/aromatic N) is 4. The highest BCUT2D eigenvalue weighted by molar-refractivity contribution is 7.18. The van der Waals surface area contributed by atoms with Crippen LogP contribution in [0.15, 0.2) is 45.1 Å². The van der Waals surface area contributed by atoms with Crippen LogP contribution in [0.3, 0.4) is 0 Å². The first-order valence-corrected chi connectivity index (χ1v) is 7.84. The molecule has 0 aliphatic carbocycles. The van der Waals surface area contributed by atoms with Crippen LogP contribution in [0.4, 0.5) is 5.82 Å². The molecule has 1 aliphatic rings. The molecule has 3 heterocycles. The molecule has 6 nitrogen and oxygen atoms in total. The molecule has 110 valence electrons. The lowest BCUT2D eigenvalue weighted by molar-refractivity contribution is 0.311. The van der Waals surface area contributed by atoms with Crippen LogP contribution in [0.5, 0.6) is 0 Å². The number of hydrogen-bond donors (Lipinski definition) is 2. The quantitative estimate of drug-likeness (QED) is 0.777. The van der Waals surface area contributed by atoms with E-state index in [9.17, 15) is 0 Å². The number of benzene rings is 1. The lowest BCUT2D eigenvalue weighted by Gasteiger charge is -2.09. The van der Waals surface area contributed by atoms with Gasteiger partial charge < -0.3 is 10.4 Å². The number of fused-ring (bicyclic) bond motifs is 3. The maximum Gasteiger partial charge on any atom is 0.135 e. The minimum absolute atomic E-state index is 0.0746. The molecule has 0 bridgehead atoms. The molecule has 0 spiro atoms. The zero-order valence-electron chi connectivity index (χ0n) is 11.7. The third-order valence-electron chi connectivity index (χ3n) is 3.58. The maximum absolute atomic E-state index is 9.03. The summed E-state index contributed by atoms with van der Waals surface area (Å²) in [6.07, 6.45) is 0. The number of aliphatic hydroxyl groups is 1. The molecule has 0 unspecified atom stereocenters. The number of pyridine rings is 1. The number of thiophene rings is 1. The molecule has 0 amide bonds. The Morgan fingerprint density at radius 1 is 1.23 bits per heavy atom. The summed E-state index contributed by atoms with van der Waals surface area (Å²) in [4.78, 5) is 4.71. The number of anilines is 1. The Balaban J connectivity index is 1.89. The summed E-state index contributed by atoms with van der Waals surface area (Å²) in [5.74, 6) is 0.803. The van der Waals surface area contributed by atoms with Crippen molar-refractivity contribution in [3.05, 3.63) is 35.2 Å². The van der Waals surface area contributed by atoms with E-state index in [-0.39, 0.29) is 6.61 Å². The zero-order valence-corrected chi connectivity index (χ0v) is 12.5. The minimum Gasteiger partial charge on any atom is -0.395 e. The van der Waals surface area contributed by atoms with Gasteiger partial charge in [0.25, 0.3) is 0 Å². The second-order valence-electron chi connectivity index (χ2n) is 4.94. The van der Waals surface area contributed by atoms with Gasteiger partial charge in [-0.3, -0.25) is 0 Å². The van der Waals surface area contributed by atoms with Gasteiger partial charge in [0.1, 0.15) is 12.4 Å². The Labute approximate surface area is 130 Å². The van der Waals surface area contributed by atoms with Crippen molar-refractivity contribution in [3.63, 3.8) is 0 Å². The predicted molar refractivity (Wildman–Crippen MR) is 89.0 cm³/mol. The second-order valence-corrected chi connectivity index (χ2v) is 5.86. The van der Waals surface area contributed by atoms with E-state index in [0.717, 1.165) is 33.4 Å². The highest BCUT2D eigenvalue weighted by atomic mass is 32.1. The van der Waals surface area contributed by atoms with Crippen LogP contribution in [0.2, 0.25) is 0 Å². The fourth-order valence-corrected chi connectivity index (χ4v) is 3.49. The van der Waals surface area contributed by atoms with Crippen LogP contribution in [-0.2, 0) is 0 Å². The summed E-state index contributed by atoms with van der Waals surface area (Å²) in [5.41, 5.74) is 2.76. The molecule has 7 heteroatoms. The van der Waals surface area contributed by atoms with E-state index in [1.54, 1.807) is 11.3 Å². The summed E-state index contributed by atoms with van der Waals surface area (Å²) >= 11 is 1.69. The highest BCUT2D eigenvalue weighted by Gasteiger charge is 2.13. The number of aliphatic hydroxyl groups excluding tert-OH is 1. The van der Waals surface area contributed by atoms with Crippen LogP contribution in [0, 0.1) is 0 Å². The predicted octanol–water partition coefficient (Wildman–Crippen LogP) is 3.02. The normalized spacial score (nSPS) is 14.0. The number of rotatable bonds is 4. The van der Waals surface area contributed by atoms with Crippen molar-refractivity contribution in [3.8, 4) is 0 Å². The van der Waals surface area contributed by atoms with Crippen molar-refractivity contribution in [2.24, 2.45) is 15.4 Å². The largest absolute Gasteiger partial charge is 0.395 e. The molecular formula is C15H13N5OS. The Bertz CT molecular complexity index is 915. The molecule has 1 aliphatic heterocycles. The first kappa shape index (κ1) is 13.3. The van der Waals surface area contributed by atoms with E-state index in [0.29, 0.717) is 13.1 Å². The van der Waals surface area contributed by atoms with E-state index in [1.165, 1.54) is 4.70 Å². The van der Waals surface area contributed by atoms with Crippen LogP contribution >= 0.6 is 11.3 Å². The van der Waals surface area contributed by atoms with E-state index >= 15 is 0 Å². The van der Waals surface area contributed by atoms with Crippen LogP contribution in [0.1, 0.15) is 5.56 Å². The van der Waals surface area contributed by atoms with Gasteiger partial charge in [0, 0.05) is 27.6 Å². The van der Waals surface area contributed by atoms with Gasteiger partial charge >= 0.3 is 0 Å². The molecule has 3 aromatic rings. The Hall–Kier alpha value is -2.38. The molecule has 22 heavy (non-hydrogen) atoms. The molecule has 2 aromatic heterocycles. The lowest BCUT2D eigenvalue weighted by Crippen LogP contribution is -2.07. The summed E-state index contributed by atoms with van der Waals surface area (Å²) in [6, 6.07) is 8.19. The van der Waals surface area contributed by atoms with Crippen molar-refractivity contribution >= 4 is 43.9 Å². The van der Waals surface area contributed by atoms with Crippen molar-refractivity contribution in [2.75, 3.05) is 25.0 Å². The van der Waals surface area contributed by atoms with Gasteiger partial charge in [0.05, 0.1) is 17.8 Å². The van der Waals surface area contributed by atoms with Crippen LogP contribution < -0.4 is 5.32 Å². The number of nitrogens with one attached hydrogen (secondary N) is 1. The summed E-state index contributed by atoms with van der Waals surface area (Å²) in [6.45, 7) is 1.07. The van der Waals surface area contributed by atoms with Crippen molar-refractivity contribution in [1.29, 1.82) is 0 Å². The van der Waals surface area contributed by atoms with Crippen LogP contribution in [0.25, 0.3) is 21.0 Å². The van der Waals surface area contributed by atoms with Crippen molar-refractivity contribution in [1.82, 2.24) is 4.98 Å². The van der Waals surface area contributed by atoms with Gasteiger partial charge in [-0.05, 0) is 22.7 Å². The average molecular weight is 311 g/mol.